The molecule has 0 saturated heterocycles. The Morgan fingerprint density at radius 1 is 1.62 bits per heavy atom. The number of nitrogens with zero attached hydrogens (tertiary/aromatic N) is 2. The molecule has 0 saturated carbocycles. The number of aliphatic carboxylic acids is 1. The van der Waals surface area contributed by atoms with Crippen LogP contribution in [-0.2, 0) is 9.59 Å². The second kappa shape index (κ2) is 5.07. The van der Waals surface area contributed by atoms with Crippen LogP contribution in [0.15, 0.2) is 5.38 Å². The second-order valence-corrected chi connectivity index (χ2v) is 4.26. The quantitative estimate of drug-likeness (QED) is 0.871. The van der Waals surface area contributed by atoms with E-state index in [1.54, 1.807) is 19.2 Å². The summed E-state index contributed by atoms with van der Waals surface area (Å²) in [5, 5.41) is 11.3. The van der Waals surface area contributed by atoms with E-state index in [-0.39, 0.29) is 5.91 Å². The minimum Gasteiger partial charge on any atom is -0.480 e. The molecular weight excluding hydrogens is 228 g/mol. The van der Waals surface area contributed by atoms with Gasteiger partial charge < -0.3 is 5.11 Å². The van der Waals surface area contributed by atoms with Gasteiger partial charge in [-0.15, -0.1) is 11.3 Å². The number of thiazole rings is 1. The van der Waals surface area contributed by atoms with Gasteiger partial charge in [-0.1, -0.05) is 6.92 Å². The lowest BCUT2D eigenvalue weighted by atomic mass is 10.2. The molecule has 0 aliphatic heterocycles. The number of carbonyl (C=O) groups is 2. The van der Waals surface area contributed by atoms with Gasteiger partial charge in [0.25, 0.3) is 0 Å². The first-order valence-corrected chi connectivity index (χ1v) is 5.80. The monoisotopic (exact) mass is 242 g/mol. The Morgan fingerprint density at radius 3 is 2.56 bits per heavy atom. The van der Waals surface area contributed by atoms with E-state index in [0.29, 0.717) is 11.6 Å². The van der Waals surface area contributed by atoms with E-state index in [1.165, 1.54) is 23.2 Å². The predicted molar refractivity (Wildman–Crippen MR) is 61.7 cm³/mol. The lowest BCUT2D eigenvalue weighted by Gasteiger charge is -2.24. The van der Waals surface area contributed by atoms with Crippen LogP contribution >= 0.6 is 11.3 Å². The van der Waals surface area contributed by atoms with Crippen molar-refractivity contribution in [1.29, 1.82) is 0 Å². The Balaban J connectivity index is 3.08. The van der Waals surface area contributed by atoms with Crippen LogP contribution in [0.4, 0.5) is 5.13 Å². The number of rotatable bonds is 4. The van der Waals surface area contributed by atoms with Gasteiger partial charge in [-0.25, -0.2) is 9.78 Å². The highest BCUT2D eigenvalue weighted by Gasteiger charge is 2.29. The smallest absolute Gasteiger partial charge is 0.326 e. The zero-order valence-electron chi connectivity index (χ0n) is 9.43. The molecule has 1 aromatic heterocycles. The Labute approximate surface area is 97.7 Å². The minimum atomic E-state index is -1.01. The van der Waals surface area contributed by atoms with Crippen LogP contribution in [-0.4, -0.2) is 28.0 Å². The van der Waals surface area contributed by atoms with Crippen molar-refractivity contribution in [3.05, 3.63) is 11.1 Å². The average molecular weight is 242 g/mol. The number of amides is 1. The highest BCUT2D eigenvalue weighted by molar-refractivity contribution is 7.14. The maximum atomic E-state index is 11.5. The maximum Gasteiger partial charge on any atom is 0.326 e. The second-order valence-electron chi connectivity index (χ2n) is 3.42. The number of anilines is 1. The standard InChI is InChI=1S/C10H14N2O3S/c1-4-8(9(14)15)12(7(3)13)10-11-6(2)5-16-10/h5,8H,4H2,1-3H3,(H,14,15). The average Bonchev–Trinajstić information content (AvgIpc) is 2.59. The molecule has 0 aliphatic carbocycles. The van der Waals surface area contributed by atoms with Crippen LogP contribution in [0, 0.1) is 6.92 Å². The largest absolute Gasteiger partial charge is 0.480 e. The Hall–Kier alpha value is -1.43. The Bertz CT molecular complexity index is 403. The lowest BCUT2D eigenvalue weighted by molar-refractivity contribution is -0.140. The number of aryl methyl sites for hydroxylation is 1. The molecule has 1 heterocycles. The molecule has 1 unspecified atom stereocenters. The first kappa shape index (κ1) is 12.6. The van der Waals surface area contributed by atoms with Crippen molar-refractivity contribution in [2.24, 2.45) is 0 Å². The van der Waals surface area contributed by atoms with Crippen molar-refractivity contribution in [3.8, 4) is 0 Å². The summed E-state index contributed by atoms with van der Waals surface area (Å²) in [5.74, 6) is -1.31. The summed E-state index contributed by atoms with van der Waals surface area (Å²) in [6, 6.07) is -0.844. The summed E-state index contributed by atoms with van der Waals surface area (Å²) in [4.78, 5) is 27.9. The molecule has 16 heavy (non-hydrogen) atoms. The molecule has 0 fully saturated rings. The number of hydrogen-bond acceptors (Lipinski definition) is 4. The fourth-order valence-electron chi connectivity index (χ4n) is 1.41. The van der Waals surface area contributed by atoms with E-state index in [0.717, 1.165) is 5.69 Å². The fraction of sp³-hybridized carbons (Fsp3) is 0.500. The van der Waals surface area contributed by atoms with Gasteiger partial charge in [-0.2, -0.15) is 0 Å². The molecule has 0 radical (unpaired) electrons. The van der Waals surface area contributed by atoms with Crippen LogP contribution < -0.4 is 4.90 Å². The Kier molecular flexibility index (Phi) is 4.00. The van der Waals surface area contributed by atoms with Crippen LogP contribution in [0.3, 0.4) is 0 Å². The van der Waals surface area contributed by atoms with E-state index >= 15 is 0 Å². The van der Waals surface area contributed by atoms with Crippen molar-refractivity contribution in [3.63, 3.8) is 0 Å². The highest BCUT2D eigenvalue weighted by atomic mass is 32.1. The molecule has 0 bridgehead atoms. The van der Waals surface area contributed by atoms with Gasteiger partial charge in [0.05, 0.1) is 5.69 Å². The van der Waals surface area contributed by atoms with Crippen molar-refractivity contribution >= 4 is 28.3 Å². The summed E-state index contributed by atoms with van der Waals surface area (Å²) >= 11 is 1.28. The molecule has 1 N–H and O–H groups in total. The molecule has 1 atom stereocenters. The number of hydrogen-bond donors (Lipinski definition) is 1. The van der Waals surface area contributed by atoms with E-state index < -0.39 is 12.0 Å². The van der Waals surface area contributed by atoms with Crippen molar-refractivity contribution < 1.29 is 14.7 Å². The number of aromatic nitrogens is 1. The van der Waals surface area contributed by atoms with Gasteiger partial charge in [0.15, 0.2) is 5.13 Å². The van der Waals surface area contributed by atoms with Crippen molar-refractivity contribution in [1.82, 2.24) is 4.98 Å². The van der Waals surface area contributed by atoms with Gasteiger partial charge in [0, 0.05) is 12.3 Å². The maximum absolute atomic E-state index is 11.5. The summed E-state index contributed by atoms with van der Waals surface area (Å²) < 4.78 is 0. The summed E-state index contributed by atoms with van der Waals surface area (Å²) in [5.41, 5.74) is 0.784. The minimum absolute atomic E-state index is 0.302. The van der Waals surface area contributed by atoms with Gasteiger partial charge in [-0.05, 0) is 13.3 Å². The molecule has 88 valence electrons. The van der Waals surface area contributed by atoms with Crippen LogP contribution in [0.2, 0.25) is 0 Å². The van der Waals surface area contributed by atoms with Gasteiger partial charge in [-0.3, -0.25) is 9.69 Å². The topological polar surface area (TPSA) is 70.5 Å². The molecule has 0 aromatic carbocycles. The first-order chi connectivity index (χ1) is 7.47. The third-order valence-corrected chi connectivity index (χ3v) is 3.09. The normalized spacial score (nSPS) is 12.2. The van der Waals surface area contributed by atoms with Gasteiger partial charge >= 0.3 is 5.97 Å². The Morgan fingerprint density at radius 2 is 2.25 bits per heavy atom. The molecule has 5 nitrogen and oxygen atoms in total. The number of carbonyl (C=O) groups excluding carboxylic acids is 1. The zero-order chi connectivity index (χ0) is 12.3. The van der Waals surface area contributed by atoms with E-state index in [2.05, 4.69) is 4.98 Å². The molecule has 0 spiro atoms. The third-order valence-electron chi connectivity index (χ3n) is 2.14. The fourth-order valence-corrected chi connectivity index (χ4v) is 2.30. The zero-order valence-corrected chi connectivity index (χ0v) is 10.2. The van der Waals surface area contributed by atoms with Crippen molar-refractivity contribution in [2.45, 2.75) is 33.2 Å². The van der Waals surface area contributed by atoms with Crippen LogP contribution in [0.1, 0.15) is 26.0 Å². The van der Waals surface area contributed by atoms with Crippen LogP contribution in [0.25, 0.3) is 0 Å². The SMILES string of the molecule is CCC(C(=O)O)N(C(C)=O)c1nc(C)cs1. The molecule has 1 rings (SSSR count). The third kappa shape index (κ3) is 2.57. The number of carboxylic acid groups (broad SMARTS) is 1. The first-order valence-electron chi connectivity index (χ1n) is 4.92. The van der Waals surface area contributed by atoms with Gasteiger partial charge in [0.1, 0.15) is 6.04 Å². The van der Waals surface area contributed by atoms with Gasteiger partial charge in [0.2, 0.25) is 5.91 Å². The molecule has 1 amide bonds. The molecule has 6 heteroatoms. The number of carboxylic acids is 1. The molecular formula is C10H14N2O3S. The van der Waals surface area contributed by atoms with E-state index in [4.69, 9.17) is 5.11 Å². The van der Waals surface area contributed by atoms with E-state index in [1.807, 2.05) is 0 Å². The summed E-state index contributed by atoms with van der Waals surface area (Å²) in [6.45, 7) is 4.89. The summed E-state index contributed by atoms with van der Waals surface area (Å²) in [6.07, 6.45) is 0.355. The molecule has 0 aliphatic rings. The van der Waals surface area contributed by atoms with E-state index in [9.17, 15) is 9.59 Å². The van der Waals surface area contributed by atoms with Crippen LogP contribution in [0.5, 0.6) is 0 Å². The lowest BCUT2D eigenvalue weighted by Crippen LogP contribution is -2.43. The van der Waals surface area contributed by atoms with Crippen molar-refractivity contribution in [2.75, 3.05) is 4.90 Å². The molecule has 1 aromatic rings. The summed E-state index contributed by atoms with van der Waals surface area (Å²) in [7, 11) is 0. The highest BCUT2D eigenvalue weighted by Crippen LogP contribution is 2.23. The predicted octanol–water partition coefficient (Wildman–Crippen LogP) is 1.67.